The Morgan fingerprint density at radius 3 is 2.35 bits per heavy atom. The summed E-state index contributed by atoms with van der Waals surface area (Å²) < 4.78 is 23.5. The molecule has 1 aliphatic carbocycles. The molecular formula is C37H28BrClFN5O6. The molecule has 4 aromatic carbocycles. The number of nitrogens with zero attached hydrogens (tertiary/aromatic N) is 4. The van der Waals surface area contributed by atoms with Crippen LogP contribution in [0.25, 0.3) is 5.69 Å². The van der Waals surface area contributed by atoms with Crippen molar-refractivity contribution in [3.63, 3.8) is 0 Å². The number of nitrogens with one attached hydrogen (secondary N) is 1. The number of methoxy groups -OCH3 is 1. The standard InChI is InChI=1S/C37H28BrClFN5O6/c1-51-30-18-20(17-28(38)32(30)46)31-26-15-16-42-35(49)43(25-5-3-2-4-6-25)36(50)45(42)29(26)19-27-33(47)44(41-24-13-11-23(40)12-14-24)34(48)37(27,31)21-7-9-22(39)10-8-21/h2-15,17-18,27,29,31,41,46H,16,19H2,1H3/t27-,29+,31-,37+/m0/s1. The highest BCUT2D eigenvalue weighted by Gasteiger charge is 2.69. The summed E-state index contributed by atoms with van der Waals surface area (Å²) in [7, 11) is 1.40. The minimum atomic E-state index is -1.62. The molecule has 2 fully saturated rings. The van der Waals surface area contributed by atoms with Gasteiger partial charge in [0.05, 0.1) is 46.9 Å². The van der Waals surface area contributed by atoms with Gasteiger partial charge in [0.2, 0.25) is 0 Å². The summed E-state index contributed by atoms with van der Waals surface area (Å²) in [5.41, 5.74) is 2.46. The number of fused-ring (bicyclic) bond motifs is 4. The first-order valence-corrected chi connectivity index (χ1v) is 17.2. The third-order valence-electron chi connectivity index (χ3n) is 10.1. The first kappa shape index (κ1) is 32.8. The summed E-state index contributed by atoms with van der Waals surface area (Å²) in [5.74, 6) is -3.73. The van der Waals surface area contributed by atoms with E-state index < -0.39 is 52.3 Å². The number of carbonyl (C=O) groups is 2. The lowest BCUT2D eigenvalue weighted by atomic mass is 9.53. The number of allylic oxidation sites excluding steroid dienone is 2. The van der Waals surface area contributed by atoms with Gasteiger partial charge >= 0.3 is 11.4 Å². The summed E-state index contributed by atoms with van der Waals surface area (Å²) in [6.45, 7) is 0.00761. The van der Waals surface area contributed by atoms with Crippen LogP contribution in [0, 0.1) is 11.7 Å². The largest absolute Gasteiger partial charge is 0.503 e. The Labute approximate surface area is 302 Å². The van der Waals surface area contributed by atoms with Crippen LogP contribution in [0.3, 0.4) is 0 Å². The molecule has 2 aliphatic heterocycles. The van der Waals surface area contributed by atoms with E-state index in [-0.39, 0.29) is 28.9 Å². The number of aromatic hydroxyl groups is 1. The minimum absolute atomic E-state index is 0.00761. The maximum atomic E-state index is 15.2. The maximum absolute atomic E-state index is 15.2. The van der Waals surface area contributed by atoms with Gasteiger partial charge in [0.15, 0.2) is 11.5 Å². The quantitative estimate of drug-likeness (QED) is 0.168. The van der Waals surface area contributed by atoms with Gasteiger partial charge in [0.25, 0.3) is 11.8 Å². The Kier molecular flexibility index (Phi) is 7.80. The Balaban J connectivity index is 1.40. The van der Waals surface area contributed by atoms with E-state index in [1.807, 2.05) is 6.08 Å². The number of anilines is 1. The van der Waals surface area contributed by atoms with Crippen molar-refractivity contribution in [1.29, 1.82) is 0 Å². The molecule has 1 aromatic heterocycles. The average Bonchev–Trinajstić information content (AvgIpc) is 3.51. The van der Waals surface area contributed by atoms with E-state index in [0.717, 1.165) is 9.58 Å². The lowest BCUT2D eigenvalue weighted by Gasteiger charge is -2.49. The average molecular weight is 773 g/mol. The molecule has 14 heteroatoms. The Bertz CT molecular complexity index is 2390. The monoisotopic (exact) mass is 771 g/mol. The number of phenolic OH excluding ortho intramolecular Hbond substituents is 1. The highest BCUT2D eigenvalue weighted by molar-refractivity contribution is 9.10. The molecule has 8 rings (SSSR count). The van der Waals surface area contributed by atoms with Crippen LogP contribution in [0.4, 0.5) is 10.1 Å². The first-order chi connectivity index (χ1) is 24.6. The number of ether oxygens (including phenoxy) is 1. The van der Waals surface area contributed by atoms with Gasteiger partial charge in [-0.15, -0.1) is 0 Å². The predicted molar refractivity (Wildman–Crippen MR) is 190 cm³/mol. The van der Waals surface area contributed by atoms with E-state index in [0.29, 0.717) is 33.1 Å². The number of hydrogen-bond acceptors (Lipinski definition) is 7. The second-order valence-corrected chi connectivity index (χ2v) is 13.9. The molecule has 3 heterocycles. The molecule has 1 saturated carbocycles. The first-order valence-electron chi connectivity index (χ1n) is 16.0. The van der Waals surface area contributed by atoms with Gasteiger partial charge in [-0.25, -0.2) is 27.9 Å². The second-order valence-electron chi connectivity index (χ2n) is 12.6. The van der Waals surface area contributed by atoms with Crippen molar-refractivity contribution in [2.24, 2.45) is 5.92 Å². The van der Waals surface area contributed by atoms with Crippen LogP contribution >= 0.6 is 27.5 Å². The maximum Gasteiger partial charge on any atom is 0.352 e. The van der Waals surface area contributed by atoms with Crippen molar-refractivity contribution >= 4 is 45.0 Å². The molecule has 0 unspecified atom stereocenters. The fourth-order valence-corrected chi connectivity index (χ4v) is 8.59. The van der Waals surface area contributed by atoms with E-state index in [9.17, 15) is 23.9 Å². The van der Waals surface area contributed by atoms with Gasteiger partial charge in [0, 0.05) is 10.9 Å². The lowest BCUT2D eigenvalue weighted by Crippen LogP contribution is -2.53. The van der Waals surface area contributed by atoms with Gasteiger partial charge in [-0.2, -0.15) is 5.01 Å². The van der Waals surface area contributed by atoms with Crippen molar-refractivity contribution in [3.05, 3.63) is 150 Å². The van der Waals surface area contributed by atoms with Crippen LogP contribution in [-0.2, 0) is 21.5 Å². The van der Waals surface area contributed by atoms with Crippen LogP contribution in [0.1, 0.15) is 29.5 Å². The topological polar surface area (TPSA) is 128 Å². The van der Waals surface area contributed by atoms with E-state index >= 15 is 4.79 Å². The second kappa shape index (κ2) is 12.1. The molecule has 4 atom stereocenters. The molecule has 11 nitrogen and oxygen atoms in total. The van der Waals surface area contributed by atoms with Crippen LogP contribution in [0.5, 0.6) is 11.5 Å². The molecule has 1 saturated heterocycles. The zero-order chi connectivity index (χ0) is 35.8. The number of aromatic nitrogens is 3. The number of phenols is 1. The summed E-state index contributed by atoms with van der Waals surface area (Å²) in [6, 6.07) is 22.9. The third kappa shape index (κ3) is 4.82. The minimum Gasteiger partial charge on any atom is -0.503 e. The molecule has 2 amide bonds. The van der Waals surface area contributed by atoms with E-state index in [1.54, 1.807) is 66.7 Å². The summed E-state index contributed by atoms with van der Waals surface area (Å²) in [6.07, 6.45) is 1.81. The van der Waals surface area contributed by atoms with Gasteiger partial charge < -0.3 is 9.84 Å². The molecule has 51 heavy (non-hydrogen) atoms. The number of imide groups is 1. The Hall–Kier alpha value is -5.40. The Morgan fingerprint density at radius 2 is 1.67 bits per heavy atom. The van der Waals surface area contributed by atoms with Crippen LogP contribution in [0.2, 0.25) is 5.02 Å². The number of hydrogen-bond donors (Lipinski definition) is 2. The Morgan fingerprint density at radius 1 is 0.961 bits per heavy atom. The summed E-state index contributed by atoms with van der Waals surface area (Å²) in [4.78, 5) is 58.1. The van der Waals surface area contributed by atoms with E-state index in [2.05, 4.69) is 21.4 Å². The molecular weight excluding hydrogens is 745 g/mol. The normalized spacial score (nSPS) is 22.2. The molecule has 0 spiro atoms. The van der Waals surface area contributed by atoms with Crippen molar-refractivity contribution in [3.8, 4) is 17.2 Å². The molecule has 0 bridgehead atoms. The van der Waals surface area contributed by atoms with E-state index in [1.165, 1.54) is 40.7 Å². The van der Waals surface area contributed by atoms with Crippen LogP contribution in [0.15, 0.2) is 117 Å². The molecule has 2 N–H and O–H groups in total. The van der Waals surface area contributed by atoms with Gasteiger partial charge in [-0.3, -0.25) is 15.0 Å². The molecule has 0 radical (unpaired) electrons. The fourth-order valence-electron chi connectivity index (χ4n) is 8.01. The number of hydrazine groups is 1. The fraction of sp³-hybridized carbons (Fsp3) is 0.189. The van der Waals surface area contributed by atoms with Gasteiger partial charge in [-0.1, -0.05) is 48.0 Å². The smallest absolute Gasteiger partial charge is 0.352 e. The number of rotatable bonds is 6. The number of carbonyl (C=O) groups excluding carboxylic acids is 2. The predicted octanol–water partition coefficient (Wildman–Crippen LogP) is 5.69. The van der Waals surface area contributed by atoms with Crippen molar-refractivity contribution in [1.82, 2.24) is 18.9 Å². The van der Waals surface area contributed by atoms with Crippen molar-refractivity contribution in [2.45, 2.75) is 30.3 Å². The third-order valence-corrected chi connectivity index (χ3v) is 11.0. The highest BCUT2D eigenvalue weighted by atomic mass is 79.9. The SMILES string of the molecule is COc1cc([C@H]2C3=CCn4c(=O)n(-c5ccccc5)c(=O)n4[C@@H]3C[C@H]3C(=O)N(Nc4ccc(F)cc4)C(=O)[C@@]23c2ccc(Cl)cc2)cc(Br)c1O. The van der Waals surface area contributed by atoms with E-state index in [4.69, 9.17) is 16.3 Å². The molecule has 3 aliphatic rings. The van der Waals surface area contributed by atoms with Crippen molar-refractivity contribution < 1.29 is 23.8 Å². The molecule has 258 valence electrons. The number of para-hydroxylation sites is 1. The number of amides is 2. The summed E-state index contributed by atoms with van der Waals surface area (Å²) >= 11 is 9.79. The van der Waals surface area contributed by atoms with Gasteiger partial charge in [-0.05, 0) is 99.7 Å². The van der Waals surface area contributed by atoms with Crippen LogP contribution in [-0.4, -0.2) is 43.0 Å². The zero-order valence-electron chi connectivity index (χ0n) is 26.8. The van der Waals surface area contributed by atoms with Gasteiger partial charge in [0.1, 0.15) is 5.82 Å². The van der Waals surface area contributed by atoms with Crippen LogP contribution < -0.4 is 21.5 Å². The van der Waals surface area contributed by atoms with Crippen molar-refractivity contribution in [2.75, 3.05) is 12.5 Å². The summed E-state index contributed by atoms with van der Waals surface area (Å²) in [5, 5.41) is 12.2. The highest BCUT2D eigenvalue weighted by Crippen LogP contribution is 2.62. The molecule has 5 aromatic rings. The zero-order valence-corrected chi connectivity index (χ0v) is 29.1. The number of benzene rings is 4. The lowest BCUT2D eigenvalue weighted by molar-refractivity contribution is -0.138. The number of halogens is 3.